The molecule has 0 aliphatic rings. The van der Waals surface area contributed by atoms with Crippen LogP contribution in [0.4, 0.5) is 10.1 Å². The Kier molecular flexibility index (Phi) is 5.92. The van der Waals surface area contributed by atoms with Crippen LogP contribution in [0.3, 0.4) is 0 Å². The van der Waals surface area contributed by atoms with E-state index in [-0.39, 0.29) is 5.56 Å². The van der Waals surface area contributed by atoms with Gasteiger partial charge in [-0.25, -0.2) is 0 Å². The first-order valence-corrected chi connectivity index (χ1v) is 6.28. The average molecular weight is 268 g/mol. The molecule has 0 saturated carbocycles. The third-order valence-corrected chi connectivity index (χ3v) is 2.72. The van der Waals surface area contributed by atoms with E-state index in [1.165, 1.54) is 6.07 Å². The number of nitro groups is 1. The molecule has 0 aliphatic carbocycles. The van der Waals surface area contributed by atoms with Crippen LogP contribution in [0.15, 0.2) is 18.2 Å². The molecule has 5 nitrogen and oxygen atoms in total. The van der Waals surface area contributed by atoms with Gasteiger partial charge in [-0.3, -0.25) is 14.9 Å². The summed E-state index contributed by atoms with van der Waals surface area (Å²) in [5, 5.41) is 13.2. The number of carbonyl (C=O) groups excluding carboxylic acids is 1. The van der Waals surface area contributed by atoms with Crippen molar-refractivity contribution in [3.05, 3.63) is 39.7 Å². The summed E-state index contributed by atoms with van der Waals surface area (Å²) in [6.07, 6.45) is 4.11. The second-order valence-corrected chi connectivity index (χ2v) is 4.24. The van der Waals surface area contributed by atoms with Crippen LogP contribution in [0.25, 0.3) is 0 Å². The lowest BCUT2D eigenvalue weighted by molar-refractivity contribution is -0.387. The van der Waals surface area contributed by atoms with Crippen molar-refractivity contribution in [1.29, 1.82) is 0 Å². The number of hydrogen-bond acceptors (Lipinski definition) is 3. The van der Waals surface area contributed by atoms with E-state index in [0.717, 1.165) is 37.8 Å². The van der Waals surface area contributed by atoms with Crippen LogP contribution in [0.2, 0.25) is 0 Å². The summed E-state index contributed by atoms with van der Waals surface area (Å²) in [6.45, 7) is 2.61. The fourth-order valence-electron chi connectivity index (χ4n) is 1.65. The number of nitrogens with zero attached hydrogens (tertiary/aromatic N) is 1. The highest BCUT2D eigenvalue weighted by Gasteiger charge is 2.17. The number of carbonyl (C=O) groups is 1. The van der Waals surface area contributed by atoms with Crippen LogP contribution in [0.1, 0.15) is 43.0 Å². The summed E-state index contributed by atoms with van der Waals surface area (Å²) in [5.74, 6) is -1.36. The second kappa shape index (κ2) is 7.45. The molecule has 6 heteroatoms. The van der Waals surface area contributed by atoms with E-state index in [9.17, 15) is 19.3 Å². The number of halogens is 1. The predicted octanol–water partition coefficient (Wildman–Crippen LogP) is 3.04. The van der Waals surface area contributed by atoms with Gasteiger partial charge in [0.05, 0.1) is 4.92 Å². The maximum atomic E-state index is 13.1. The molecule has 1 aromatic rings. The Morgan fingerprint density at radius 3 is 2.74 bits per heavy atom. The fraction of sp³-hybridized carbons (Fsp3) is 0.462. The van der Waals surface area contributed by atoms with Crippen molar-refractivity contribution in [1.82, 2.24) is 5.32 Å². The smallest absolute Gasteiger partial charge is 0.305 e. The van der Waals surface area contributed by atoms with Crippen molar-refractivity contribution >= 4 is 11.6 Å². The monoisotopic (exact) mass is 268 g/mol. The molecule has 0 heterocycles. The first-order valence-electron chi connectivity index (χ1n) is 6.28. The number of nitro benzene ring substituents is 1. The number of hydrogen-bond donors (Lipinski definition) is 1. The Morgan fingerprint density at radius 1 is 1.37 bits per heavy atom. The fourth-order valence-corrected chi connectivity index (χ4v) is 1.65. The molecule has 1 N–H and O–H groups in total. The van der Waals surface area contributed by atoms with Crippen molar-refractivity contribution in [2.24, 2.45) is 0 Å². The van der Waals surface area contributed by atoms with Gasteiger partial charge in [-0.15, -0.1) is 0 Å². The minimum atomic E-state index is -0.940. The standard InChI is InChI=1S/C13H17FN2O3/c1-2-3-4-5-8-15-13(17)10-6-7-11(14)12(9-10)16(18)19/h6-7,9H,2-5,8H2,1H3,(H,15,17). The first-order chi connectivity index (χ1) is 9.06. The van der Waals surface area contributed by atoms with Gasteiger partial charge in [0.25, 0.3) is 5.91 Å². The third kappa shape index (κ3) is 4.65. The SMILES string of the molecule is CCCCCCNC(=O)c1ccc(F)c([N+](=O)[O-])c1. The lowest BCUT2D eigenvalue weighted by Crippen LogP contribution is -2.24. The van der Waals surface area contributed by atoms with E-state index in [2.05, 4.69) is 12.2 Å². The molecule has 0 fully saturated rings. The number of nitrogens with one attached hydrogen (secondary N) is 1. The lowest BCUT2D eigenvalue weighted by atomic mass is 10.1. The second-order valence-electron chi connectivity index (χ2n) is 4.24. The maximum Gasteiger partial charge on any atom is 0.305 e. The maximum absolute atomic E-state index is 13.1. The van der Waals surface area contributed by atoms with E-state index in [1.54, 1.807) is 0 Å². The number of benzene rings is 1. The Morgan fingerprint density at radius 2 is 2.11 bits per heavy atom. The third-order valence-electron chi connectivity index (χ3n) is 2.72. The highest BCUT2D eigenvalue weighted by Crippen LogP contribution is 2.18. The summed E-state index contributed by atoms with van der Waals surface area (Å²) in [4.78, 5) is 21.4. The molecule has 1 aromatic carbocycles. The van der Waals surface area contributed by atoms with Gasteiger partial charge < -0.3 is 5.32 Å². The Labute approximate surface area is 111 Å². The summed E-state index contributed by atoms with van der Waals surface area (Å²) in [5.41, 5.74) is -0.581. The molecule has 0 bridgehead atoms. The van der Waals surface area contributed by atoms with Gasteiger partial charge in [0, 0.05) is 18.2 Å². The van der Waals surface area contributed by atoms with Crippen LogP contribution in [-0.4, -0.2) is 17.4 Å². The molecule has 0 aromatic heterocycles. The summed E-state index contributed by atoms with van der Waals surface area (Å²) in [7, 11) is 0. The van der Waals surface area contributed by atoms with Gasteiger partial charge in [-0.05, 0) is 18.6 Å². The van der Waals surface area contributed by atoms with Crippen LogP contribution >= 0.6 is 0 Å². The van der Waals surface area contributed by atoms with Gasteiger partial charge >= 0.3 is 5.69 Å². The molecule has 0 atom stereocenters. The summed E-state index contributed by atoms with van der Waals surface area (Å²) < 4.78 is 13.1. The molecule has 0 aliphatic heterocycles. The molecule has 0 radical (unpaired) electrons. The van der Waals surface area contributed by atoms with Crippen LogP contribution in [0.5, 0.6) is 0 Å². The van der Waals surface area contributed by atoms with Crippen molar-refractivity contribution in [3.8, 4) is 0 Å². The van der Waals surface area contributed by atoms with Gasteiger partial charge in [0.15, 0.2) is 0 Å². The topological polar surface area (TPSA) is 72.2 Å². The van der Waals surface area contributed by atoms with E-state index in [1.807, 2.05) is 0 Å². The highest BCUT2D eigenvalue weighted by molar-refractivity contribution is 5.94. The largest absolute Gasteiger partial charge is 0.352 e. The van der Waals surface area contributed by atoms with Gasteiger partial charge in [-0.1, -0.05) is 26.2 Å². The van der Waals surface area contributed by atoms with E-state index in [0.29, 0.717) is 6.54 Å². The van der Waals surface area contributed by atoms with Gasteiger partial charge in [-0.2, -0.15) is 4.39 Å². The Balaban J connectivity index is 2.57. The van der Waals surface area contributed by atoms with Crippen LogP contribution < -0.4 is 5.32 Å². The zero-order chi connectivity index (χ0) is 14.3. The molecule has 1 amide bonds. The Bertz CT molecular complexity index is 463. The van der Waals surface area contributed by atoms with Crippen LogP contribution in [0, 0.1) is 15.9 Å². The summed E-state index contributed by atoms with van der Waals surface area (Å²) in [6, 6.07) is 3.13. The Hall–Kier alpha value is -1.98. The summed E-state index contributed by atoms with van der Waals surface area (Å²) >= 11 is 0. The van der Waals surface area contributed by atoms with Gasteiger partial charge in [0.1, 0.15) is 0 Å². The van der Waals surface area contributed by atoms with Crippen molar-refractivity contribution < 1.29 is 14.1 Å². The number of amides is 1. The zero-order valence-electron chi connectivity index (χ0n) is 10.8. The molecule has 0 unspecified atom stereocenters. The highest BCUT2D eigenvalue weighted by atomic mass is 19.1. The van der Waals surface area contributed by atoms with E-state index < -0.39 is 22.3 Å². The number of rotatable bonds is 7. The van der Waals surface area contributed by atoms with E-state index in [4.69, 9.17) is 0 Å². The molecule has 0 spiro atoms. The molecule has 1 rings (SSSR count). The minimum absolute atomic E-state index is 0.101. The van der Waals surface area contributed by atoms with E-state index >= 15 is 0 Å². The molecule has 0 saturated heterocycles. The number of unbranched alkanes of at least 4 members (excludes halogenated alkanes) is 3. The van der Waals surface area contributed by atoms with Crippen molar-refractivity contribution in [2.45, 2.75) is 32.6 Å². The minimum Gasteiger partial charge on any atom is -0.352 e. The van der Waals surface area contributed by atoms with Crippen molar-refractivity contribution in [3.63, 3.8) is 0 Å². The quantitative estimate of drug-likeness (QED) is 0.469. The molecular formula is C13H17FN2O3. The normalized spacial score (nSPS) is 10.2. The lowest BCUT2D eigenvalue weighted by Gasteiger charge is -2.05. The molecule has 19 heavy (non-hydrogen) atoms. The average Bonchev–Trinajstić information content (AvgIpc) is 2.38. The first kappa shape index (κ1) is 15.1. The van der Waals surface area contributed by atoms with Crippen molar-refractivity contribution in [2.75, 3.05) is 6.54 Å². The van der Waals surface area contributed by atoms with Gasteiger partial charge in [0.2, 0.25) is 5.82 Å². The molecule has 104 valence electrons. The van der Waals surface area contributed by atoms with Crippen LogP contribution in [-0.2, 0) is 0 Å². The predicted molar refractivity (Wildman–Crippen MR) is 69.5 cm³/mol. The molecular weight excluding hydrogens is 251 g/mol. The zero-order valence-corrected chi connectivity index (χ0v) is 10.8.